The fraction of sp³-hybridized carbons (Fsp3) is 0.476. The Kier molecular flexibility index (Phi) is 7.37. The topological polar surface area (TPSA) is 97.1 Å². The lowest BCUT2D eigenvalue weighted by Crippen LogP contribution is -2.53. The predicted octanol–water partition coefficient (Wildman–Crippen LogP) is 3.10. The molecule has 10 heteroatoms. The molecule has 2 aromatic rings. The number of hydrogen-bond donors (Lipinski definition) is 2. The smallest absolute Gasteiger partial charge is 0.390 e. The van der Waals surface area contributed by atoms with Crippen LogP contribution < -0.4 is 0 Å². The van der Waals surface area contributed by atoms with E-state index in [2.05, 4.69) is 15.0 Å². The van der Waals surface area contributed by atoms with E-state index in [1.807, 2.05) is 19.9 Å². The van der Waals surface area contributed by atoms with E-state index in [4.69, 9.17) is 9.47 Å². The fourth-order valence-electron chi connectivity index (χ4n) is 3.24. The normalized spacial score (nSPS) is 27.2. The van der Waals surface area contributed by atoms with Crippen molar-refractivity contribution in [3.63, 3.8) is 0 Å². The molecule has 0 radical (unpaired) electrons. The molecule has 0 bridgehead atoms. The number of hydrogen-bond acceptors (Lipinski definition) is 7. The van der Waals surface area contributed by atoms with Crippen LogP contribution in [0.25, 0.3) is 0 Å². The molecule has 168 valence electrons. The molecule has 1 aromatic heterocycles. The first-order valence-corrected chi connectivity index (χ1v) is 9.78. The molecule has 2 N–H and O–H groups in total. The second kappa shape index (κ2) is 9.82. The van der Waals surface area contributed by atoms with Gasteiger partial charge < -0.3 is 19.7 Å². The van der Waals surface area contributed by atoms with Crippen LogP contribution in [0.4, 0.5) is 19.0 Å². The van der Waals surface area contributed by atoms with Gasteiger partial charge in [-0.1, -0.05) is 30.3 Å². The number of benzene rings is 1. The highest BCUT2D eigenvalue weighted by Crippen LogP contribution is 2.37. The Morgan fingerprint density at radius 3 is 2.52 bits per heavy atom. The summed E-state index contributed by atoms with van der Waals surface area (Å²) in [5.74, 6) is -1.11. The second-order valence-electron chi connectivity index (χ2n) is 7.48. The maximum Gasteiger partial charge on any atom is 0.434 e. The van der Waals surface area contributed by atoms with Gasteiger partial charge in [0.05, 0.1) is 43.2 Å². The van der Waals surface area contributed by atoms with Crippen molar-refractivity contribution in [1.29, 1.82) is 0 Å². The summed E-state index contributed by atoms with van der Waals surface area (Å²) in [5, 5.41) is 21.3. The van der Waals surface area contributed by atoms with Gasteiger partial charge in [-0.25, -0.2) is 9.98 Å². The Labute approximate surface area is 177 Å². The van der Waals surface area contributed by atoms with Gasteiger partial charge in [0.1, 0.15) is 12.2 Å². The van der Waals surface area contributed by atoms with E-state index in [9.17, 15) is 23.4 Å². The van der Waals surface area contributed by atoms with Gasteiger partial charge in [-0.3, -0.25) is 4.98 Å². The lowest BCUT2D eigenvalue weighted by atomic mass is 9.84. The molecular weight excluding hydrogens is 415 g/mol. The summed E-state index contributed by atoms with van der Waals surface area (Å²) < 4.78 is 50.2. The van der Waals surface area contributed by atoms with Crippen LogP contribution in [0, 0.1) is 5.92 Å². The number of halogens is 3. The number of aliphatic hydroxyl groups excluding tert-OH is 2. The molecule has 1 unspecified atom stereocenters. The minimum absolute atomic E-state index is 0.0716. The maximum absolute atomic E-state index is 12.9. The first kappa shape index (κ1) is 23.3. The van der Waals surface area contributed by atoms with Crippen LogP contribution in [0.3, 0.4) is 0 Å². The van der Waals surface area contributed by atoms with E-state index >= 15 is 0 Å². The van der Waals surface area contributed by atoms with Crippen molar-refractivity contribution in [2.75, 3.05) is 6.61 Å². The quantitative estimate of drug-likeness (QED) is 0.672. The van der Waals surface area contributed by atoms with Crippen molar-refractivity contribution in [2.24, 2.45) is 10.9 Å². The molecule has 1 aromatic carbocycles. The maximum atomic E-state index is 12.9. The molecule has 7 nitrogen and oxygen atoms in total. The lowest BCUT2D eigenvalue weighted by molar-refractivity contribution is -0.204. The molecular formula is C21H24F3N3O4. The zero-order valence-electron chi connectivity index (χ0n) is 17.0. The van der Waals surface area contributed by atoms with Gasteiger partial charge in [0.25, 0.3) is 0 Å². The number of ether oxygens (including phenoxy) is 2. The molecule has 5 atom stereocenters. The van der Waals surface area contributed by atoms with Crippen LogP contribution in [0.1, 0.15) is 31.2 Å². The van der Waals surface area contributed by atoms with Crippen LogP contribution in [0.2, 0.25) is 0 Å². The number of aliphatic hydroxyl groups is 2. The monoisotopic (exact) mass is 439 g/mol. The second-order valence-corrected chi connectivity index (χ2v) is 7.48. The van der Waals surface area contributed by atoms with Crippen LogP contribution in [-0.2, 0) is 15.7 Å². The van der Waals surface area contributed by atoms with Gasteiger partial charge in [-0.15, -0.1) is 0 Å². The molecule has 0 saturated carbocycles. The van der Waals surface area contributed by atoms with Gasteiger partial charge in [0.2, 0.25) is 0 Å². The summed E-state index contributed by atoms with van der Waals surface area (Å²) in [6.07, 6.45) is -5.88. The van der Waals surface area contributed by atoms with Crippen LogP contribution in [0.5, 0.6) is 0 Å². The number of aliphatic imine (C=N–C) groups is 1. The zero-order valence-corrected chi connectivity index (χ0v) is 17.0. The van der Waals surface area contributed by atoms with Crippen molar-refractivity contribution < 1.29 is 32.9 Å². The third-order valence-electron chi connectivity index (χ3n) is 4.81. The highest BCUT2D eigenvalue weighted by atomic mass is 19.4. The third-order valence-corrected chi connectivity index (χ3v) is 4.81. The summed E-state index contributed by atoms with van der Waals surface area (Å²) in [7, 11) is 0. The van der Waals surface area contributed by atoms with Crippen molar-refractivity contribution in [2.45, 2.75) is 50.5 Å². The molecule has 1 aliphatic rings. The predicted molar refractivity (Wildman–Crippen MR) is 106 cm³/mol. The molecule has 1 saturated heterocycles. The van der Waals surface area contributed by atoms with E-state index in [-0.39, 0.29) is 18.5 Å². The van der Waals surface area contributed by atoms with Crippen molar-refractivity contribution >= 4 is 12.0 Å². The molecule has 1 aliphatic heterocycles. The Morgan fingerprint density at radius 2 is 1.87 bits per heavy atom. The Balaban J connectivity index is 1.88. The van der Waals surface area contributed by atoms with E-state index in [1.165, 1.54) is 6.21 Å². The first-order chi connectivity index (χ1) is 14.7. The van der Waals surface area contributed by atoms with Gasteiger partial charge >= 0.3 is 6.18 Å². The number of aromatic nitrogens is 2. The lowest BCUT2D eigenvalue weighted by Gasteiger charge is -2.42. The Bertz CT molecular complexity index is 880. The molecule has 0 aliphatic carbocycles. The summed E-state index contributed by atoms with van der Waals surface area (Å²) in [4.78, 5) is 10.9. The number of alkyl halides is 3. The third kappa shape index (κ3) is 5.85. The van der Waals surface area contributed by atoms with E-state index in [0.29, 0.717) is 6.20 Å². The van der Waals surface area contributed by atoms with Crippen LogP contribution in [0.15, 0.2) is 47.7 Å². The minimum atomic E-state index is -4.65. The van der Waals surface area contributed by atoms with Gasteiger partial charge in [0, 0.05) is 6.21 Å². The van der Waals surface area contributed by atoms with Crippen LogP contribution >= 0.6 is 0 Å². The highest BCUT2D eigenvalue weighted by Gasteiger charge is 2.44. The highest BCUT2D eigenvalue weighted by molar-refractivity contribution is 5.67. The summed E-state index contributed by atoms with van der Waals surface area (Å²) >= 11 is 0. The largest absolute Gasteiger partial charge is 0.434 e. The molecule has 3 rings (SSSR count). The SMILES string of the molecule is CC(C)OC[C@H]1O[C@@H](c2ccccc2)C(C=Nc2cncc(C(F)(F)F)n2)[C@@H](O)[C@H]1O. The van der Waals surface area contributed by atoms with Crippen molar-refractivity contribution in [3.8, 4) is 0 Å². The Morgan fingerprint density at radius 1 is 1.16 bits per heavy atom. The standard InChI is InChI=1S/C21H24F3N3O4/c1-12(2)30-11-15-19(29)18(28)14(20(31-15)13-6-4-3-5-7-13)8-26-17-10-25-9-16(27-17)21(22,23)24/h3-10,12,14-15,18-20,28-29H,11H2,1-2H3/t14?,15-,18-,19+,20+/m1/s1. The number of nitrogens with zero attached hydrogens (tertiary/aromatic N) is 3. The van der Waals surface area contributed by atoms with Gasteiger partial charge in [-0.05, 0) is 19.4 Å². The van der Waals surface area contributed by atoms with Crippen LogP contribution in [-0.4, -0.2) is 57.4 Å². The van der Waals surface area contributed by atoms with Crippen molar-refractivity contribution in [1.82, 2.24) is 9.97 Å². The first-order valence-electron chi connectivity index (χ1n) is 9.78. The van der Waals surface area contributed by atoms with Crippen molar-refractivity contribution in [3.05, 3.63) is 54.0 Å². The van der Waals surface area contributed by atoms with E-state index in [0.717, 1.165) is 11.8 Å². The zero-order chi connectivity index (χ0) is 22.6. The summed E-state index contributed by atoms with van der Waals surface area (Å²) in [6.45, 7) is 3.75. The fourth-order valence-corrected chi connectivity index (χ4v) is 3.24. The number of rotatable bonds is 6. The summed E-state index contributed by atoms with van der Waals surface area (Å²) in [6, 6.07) is 8.99. The molecule has 2 heterocycles. The Hall–Kier alpha value is -2.40. The average Bonchev–Trinajstić information content (AvgIpc) is 2.74. The van der Waals surface area contributed by atoms with E-state index < -0.39 is 42.2 Å². The molecule has 0 amide bonds. The molecule has 1 fully saturated rings. The summed E-state index contributed by atoms with van der Waals surface area (Å²) in [5.41, 5.74) is -0.456. The van der Waals surface area contributed by atoms with Gasteiger partial charge in [0.15, 0.2) is 11.5 Å². The van der Waals surface area contributed by atoms with E-state index in [1.54, 1.807) is 24.3 Å². The minimum Gasteiger partial charge on any atom is -0.390 e. The average molecular weight is 439 g/mol. The van der Waals surface area contributed by atoms with Gasteiger partial charge in [-0.2, -0.15) is 13.2 Å². The molecule has 31 heavy (non-hydrogen) atoms. The molecule has 0 spiro atoms.